The first-order valence-corrected chi connectivity index (χ1v) is 16.1. The number of hydrogen-bond donors (Lipinski definition) is 4. The van der Waals surface area contributed by atoms with E-state index in [1.807, 2.05) is 0 Å². The third-order valence-electron chi connectivity index (χ3n) is 7.07. The fourth-order valence-corrected chi connectivity index (χ4v) is 4.50. The molecule has 0 bridgehead atoms. The van der Waals surface area contributed by atoms with Crippen LogP contribution in [0.3, 0.4) is 0 Å². The summed E-state index contributed by atoms with van der Waals surface area (Å²) in [4.78, 5) is 12.6. The fraction of sp³-hybridized carbons (Fsp3) is 0.788. The molecule has 4 N–H and O–H groups in total. The largest absolute Gasteiger partial charge is 0.457 e. The minimum Gasteiger partial charge on any atom is -0.457 e. The van der Waals surface area contributed by atoms with Gasteiger partial charge < -0.3 is 39.4 Å². The summed E-state index contributed by atoms with van der Waals surface area (Å²) in [6.07, 6.45) is 19.1. The lowest BCUT2D eigenvalue weighted by Gasteiger charge is -2.39. The summed E-state index contributed by atoms with van der Waals surface area (Å²) >= 11 is 0. The zero-order valence-electron chi connectivity index (χ0n) is 26.0. The molecule has 0 spiro atoms. The van der Waals surface area contributed by atoms with Crippen molar-refractivity contribution >= 4 is 5.97 Å². The van der Waals surface area contributed by atoms with E-state index in [0.717, 1.165) is 57.8 Å². The van der Waals surface area contributed by atoms with E-state index in [0.29, 0.717) is 6.61 Å². The lowest BCUT2D eigenvalue weighted by Crippen LogP contribution is -2.59. The molecule has 42 heavy (non-hydrogen) atoms. The number of unbranched alkanes of at least 4 members (excludes halogenated alkanes) is 8. The Morgan fingerprint density at radius 2 is 1.45 bits per heavy atom. The Kier molecular flexibility index (Phi) is 23.7. The second-order valence-corrected chi connectivity index (χ2v) is 10.9. The molecule has 1 rings (SSSR count). The van der Waals surface area contributed by atoms with Crippen molar-refractivity contribution in [2.45, 2.75) is 141 Å². The third kappa shape index (κ3) is 18.2. The zero-order valence-corrected chi connectivity index (χ0v) is 26.0. The maximum atomic E-state index is 12.6. The van der Waals surface area contributed by atoms with E-state index < -0.39 is 43.4 Å². The summed E-state index contributed by atoms with van der Waals surface area (Å²) in [5, 5.41) is 39.6. The molecular weight excluding hydrogens is 540 g/mol. The third-order valence-corrected chi connectivity index (χ3v) is 7.07. The van der Waals surface area contributed by atoms with Gasteiger partial charge in [-0.1, -0.05) is 88.8 Å². The van der Waals surface area contributed by atoms with Crippen molar-refractivity contribution in [1.82, 2.24) is 0 Å². The van der Waals surface area contributed by atoms with Crippen LogP contribution in [-0.4, -0.2) is 89.6 Å². The second kappa shape index (κ2) is 25.9. The van der Waals surface area contributed by atoms with Gasteiger partial charge in [0.2, 0.25) is 0 Å². The predicted molar refractivity (Wildman–Crippen MR) is 164 cm³/mol. The molecule has 0 aromatic carbocycles. The quantitative estimate of drug-likeness (QED) is 0.0657. The molecule has 1 saturated heterocycles. The molecule has 6 unspecified atom stereocenters. The lowest BCUT2D eigenvalue weighted by molar-refractivity contribution is -0.305. The van der Waals surface area contributed by atoms with Gasteiger partial charge in [0.1, 0.15) is 30.5 Å². The highest BCUT2D eigenvalue weighted by molar-refractivity contribution is 5.69. The number of carbonyl (C=O) groups is 1. The number of aliphatic hydroxyl groups excluding tert-OH is 4. The normalized spacial score (nSPS) is 23.8. The first-order chi connectivity index (χ1) is 20.4. The fourth-order valence-electron chi connectivity index (χ4n) is 4.50. The Morgan fingerprint density at radius 1 is 0.786 bits per heavy atom. The van der Waals surface area contributed by atoms with Crippen molar-refractivity contribution in [2.75, 3.05) is 26.4 Å². The van der Waals surface area contributed by atoms with Crippen LogP contribution in [0.2, 0.25) is 0 Å². The minimum absolute atomic E-state index is 0.126. The molecule has 9 nitrogen and oxygen atoms in total. The van der Waals surface area contributed by atoms with E-state index in [4.69, 9.17) is 18.9 Å². The molecule has 9 heteroatoms. The Bertz CT molecular complexity index is 737. The smallest absolute Gasteiger partial charge is 0.306 e. The molecule has 6 atom stereocenters. The molecule has 1 aliphatic heterocycles. The van der Waals surface area contributed by atoms with Crippen molar-refractivity contribution in [3.8, 4) is 0 Å². The Morgan fingerprint density at radius 3 is 2.17 bits per heavy atom. The first kappa shape index (κ1) is 38.4. The average molecular weight is 599 g/mol. The van der Waals surface area contributed by atoms with E-state index in [1.165, 1.54) is 25.7 Å². The summed E-state index contributed by atoms with van der Waals surface area (Å²) in [7, 11) is 0. The number of allylic oxidation sites excluding steroid dienone is 6. The number of rotatable bonds is 25. The van der Waals surface area contributed by atoms with Gasteiger partial charge >= 0.3 is 5.97 Å². The summed E-state index contributed by atoms with van der Waals surface area (Å²) in [5.41, 5.74) is 0. The Balaban J connectivity index is 2.41. The van der Waals surface area contributed by atoms with Gasteiger partial charge in [0.25, 0.3) is 0 Å². The Labute approximate surface area is 253 Å². The number of ether oxygens (including phenoxy) is 4. The topological polar surface area (TPSA) is 135 Å². The van der Waals surface area contributed by atoms with Gasteiger partial charge in [-0.05, 0) is 44.9 Å². The monoisotopic (exact) mass is 598 g/mol. The summed E-state index contributed by atoms with van der Waals surface area (Å²) < 4.78 is 22.4. The van der Waals surface area contributed by atoms with Gasteiger partial charge in [0, 0.05) is 13.0 Å². The van der Waals surface area contributed by atoms with Gasteiger partial charge in [-0.3, -0.25) is 4.79 Å². The number of hydrogen-bond acceptors (Lipinski definition) is 9. The van der Waals surface area contributed by atoms with Crippen molar-refractivity contribution in [1.29, 1.82) is 0 Å². The van der Waals surface area contributed by atoms with Gasteiger partial charge in [-0.15, -0.1) is 0 Å². The lowest BCUT2D eigenvalue weighted by atomic mass is 9.99. The van der Waals surface area contributed by atoms with Crippen molar-refractivity contribution in [2.24, 2.45) is 0 Å². The van der Waals surface area contributed by atoms with E-state index in [-0.39, 0.29) is 25.6 Å². The summed E-state index contributed by atoms with van der Waals surface area (Å²) in [6.45, 7) is 4.31. The zero-order chi connectivity index (χ0) is 30.8. The highest BCUT2D eigenvalue weighted by Gasteiger charge is 2.44. The van der Waals surface area contributed by atoms with Crippen LogP contribution in [0.25, 0.3) is 0 Å². The molecule has 0 radical (unpaired) electrons. The maximum absolute atomic E-state index is 12.6. The van der Waals surface area contributed by atoms with E-state index in [1.54, 1.807) is 0 Å². The highest BCUT2D eigenvalue weighted by Crippen LogP contribution is 2.22. The molecule has 1 fully saturated rings. The predicted octanol–water partition coefficient (Wildman–Crippen LogP) is 4.90. The van der Waals surface area contributed by atoms with Crippen LogP contribution in [0.5, 0.6) is 0 Å². The van der Waals surface area contributed by atoms with E-state index >= 15 is 0 Å². The van der Waals surface area contributed by atoms with Crippen molar-refractivity contribution < 1.29 is 44.2 Å². The highest BCUT2D eigenvalue weighted by atomic mass is 16.7. The van der Waals surface area contributed by atoms with Crippen LogP contribution in [0.1, 0.15) is 104 Å². The van der Waals surface area contributed by atoms with Crippen LogP contribution in [-0.2, 0) is 23.7 Å². The summed E-state index contributed by atoms with van der Waals surface area (Å²) in [5.74, 6) is -0.349. The van der Waals surface area contributed by atoms with E-state index in [9.17, 15) is 25.2 Å². The van der Waals surface area contributed by atoms with Gasteiger partial charge in [0.05, 0.1) is 19.8 Å². The Hall–Kier alpha value is -1.59. The first-order valence-electron chi connectivity index (χ1n) is 16.1. The molecule has 0 aliphatic carbocycles. The molecule has 0 amide bonds. The number of esters is 1. The minimum atomic E-state index is -1.54. The van der Waals surface area contributed by atoms with Gasteiger partial charge in [-0.2, -0.15) is 0 Å². The standard InChI is InChI=1S/C33H58O9/c1-3-5-7-9-11-12-13-14-15-16-17-18-20-22-29(35)41-27(25-39-23-21-19-10-8-6-4-2)26-40-33-32(38)31(37)30(36)28(24-34)42-33/h5,7,11-12,14-15,27-28,30-34,36-38H,3-4,6,8-10,13,16-26H2,1-2H3/b7-5-,12-11-,15-14-. The van der Waals surface area contributed by atoms with Crippen LogP contribution >= 0.6 is 0 Å². The molecule has 0 aromatic heterocycles. The maximum Gasteiger partial charge on any atom is 0.306 e. The average Bonchev–Trinajstić information content (AvgIpc) is 2.99. The van der Waals surface area contributed by atoms with Crippen molar-refractivity contribution in [3.63, 3.8) is 0 Å². The number of carbonyl (C=O) groups excluding carboxylic acids is 1. The van der Waals surface area contributed by atoms with Crippen LogP contribution < -0.4 is 0 Å². The van der Waals surface area contributed by atoms with Crippen LogP contribution in [0.15, 0.2) is 36.5 Å². The molecular formula is C33H58O9. The molecule has 0 saturated carbocycles. The molecule has 244 valence electrons. The summed E-state index contributed by atoms with van der Waals surface area (Å²) in [6, 6.07) is 0. The SMILES string of the molecule is CC/C=C\C/C=C\C/C=C\CCCCCC(=O)OC(COCCCCCCCC)COC1OC(CO)C(O)C(O)C1O. The second-order valence-electron chi connectivity index (χ2n) is 10.9. The van der Waals surface area contributed by atoms with Crippen LogP contribution in [0, 0.1) is 0 Å². The number of aliphatic hydroxyl groups is 4. The van der Waals surface area contributed by atoms with E-state index in [2.05, 4.69) is 50.3 Å². The van der Waals surface area contributed by atoms with Gasteiger partial charge in [0.15, 0.2) is 6.29 Å². The molecule has 1 heterocycles. The molecule has 1 aliphatic rings. The van der Waals surface area contributed by atoms with Gasteiger partial charge in [-0.25, -0.2) is 0 Å². The van der Waals surface area contributed by atoms with Crippen LogP contribution in [0.4, 0.5) is 0 Å². The van der Waals surface area contributed by atoms with Crippen molar-refractivity contribution in [3.05, 3.63) is 36.5 Å². The molecule has 0 aromatic rings.